The molecular formula is C22H22FN5O4. The summed E-state index contributed by atoms with van der Waals surface area (Å²) in [6.45, 7) is 0.980. The number of primary amides is 1. The largest absolute Gasteiger partial charge is 0.419 e. The minimum Gasteiger partial charge on any atom is -0.408 e. The van der Waals surface area contributed by atoms with Crippen LogP contribution >= 0.6 is 0 Å². The average molecular weight is 439 g/mol. The van der Waals surface area contributed by atoms with Gasteiger partial charge in [0.25, 0.3) is 5.91 Å². The van der Waals surface area contributed by atoms with Gasteiger partial charge in [0.1, 0.15) is 5.82 Å². The van der Waals surface area contributed by atoms with E-state index < -0.39 is 29.0 Å². The predicted molar refractivity (Wildman–Crippen MR) is 113 cm³/mol. The first-order chi connectivity index (χ1) is 15.4. The van der Waals surface area contributed by atoms with Gasteiger partial charge in [-0.15, -0.1) is 0 Å². The lowest BCUT2D eigenvalue weighted by molar-refractivity contribution is -0.147. The summed E-state index contributed by atoms with van der Waals surface area (Å²) in [5.41, 5.74) is 6.16. The number of hydrogen-bond donors (Lipinski definition) is 2. The molecule has 3 heterocycles. The Labute approximate surface area is 182 Å². The third kappa shape index (κ3) is 3.77. The third-order valence-electron chi connectivity index (χ3n) is 5.82. The maximum atomic E-state index is 15.0. The number of nitriles is 1. The van der Waals surface area contributed by atoms with E-state index in [0.29, 0.717) is 35.3 Å². The summed E-state index contributed by atoms with van der Waals surface area (Å²) in [5.74, 6) is -2.82. The molecule has 9 nitrogen and oxygen atoms in total. The highest BCUT2D eigenvalue weighted by Gasteiger charge is 2.46. The van der Waals surface area contributed by atoms with Gasteiger partial charge in [-0.1, -0.05) is 0 Å². The molecule has 1 amide bonds. The molecular weight excluding hydrogens is 417 g/mol. The summed E-state index contributed by atoms with van der Waals surface area (Å²) in [5, 5.41) is 12.8. The number of carbonyl (C=O) groups is 1. The van der Waals surface area contributed by atoms with E-state index in [4.69, 9.17) is 14.9 Å². The molecule has 3 N–H and O–H groups in total. The highest BCUT2D eigenvalue weighted by atomic mass is 19.1. The summed E-state index contributed by atoms with van der Waals surface area (Å²) in [6, 6.07) is 8.31. The molecule has 1 unspecified atom stereocenters. The van der Waals surface area contributed by atoms with Crippen LogP contribution in [-0.4, -0.2) is 40.8 Å². The minimum absolute atomic E-state index is 0.0805. The molecule has 2 aromatic heterocycles. The van der Waals surface area contributed by atoms with Crippen LogP contribution in [0.2, 0.25) is 0 Å². The van der Waals surface area contributed by atoms with Gasteiger partial charge in [-0.25, -0.2) is 9.18 Å². The molecule has 1 saturated heterocycles. The molecule has 0 spiro atoms. The van der Waals surface area contributed by atoms with Gasteiger partial charge in [0, 0.05) is 43.6 Å². The number of halogens is 1. The smallest absolute Gasteiger partial charge is 0.408 e. The Bertz CT molecular complexity index is 1270. The average Bonchev–Trinajstić information content (AvgIpc) is 2.95. The van der Waals surface area contributed by atoms with Crippen LogP contribution in [0.1, 0.15) is 12.0 Å². The number of nitrogens with one attached hydrogen (secondary N) is 1. The predicted octanol–water partition coefficient (Wildman–Crippen LogP) is 1.25. The highest BCUT2D eigenvalue weighted by molar-refractivity contribution is 5.85. The first-order valence-corrected chi connectivity index (χ1v) is 10.1. The first kappa shape index (κ1) is 21.7. The molecule has 166 valence electrons. The van der Waals surface area contributed by atoms with Gasteiger partial charge >= 0.3 is 5.76 Å². The van der Waals surface area contributed by atoms with Crippen molar-refractivity contribution in [3.8, 4) is 17.3 Å². The standard InChI is InChI=1S/C22H22FN5O4/c1-28-18-8-13(3-4-19(18)32-21(28)30)17-9-16(23)14(11-27-17)7-15(10-24)22(20(25)29)12-26-5-2-6-31-22/h3-4,8-9,11,15,26H,2,5-7,12H2,1H3,(H2,25,29)/t15-,22?/m0/s1. The van der Waals surface area contributed by atoms with Gasteiger partial charge in [0.2, 0.25) is 0 Å². The van der Waals surface area contributed by atoms with E-state index in [0.717, 1.165) is 0 Å². The summed E-state index contributed by atoms with van der Waals surface area (Å²) in [7, 11) is 1.58. The fraction of sp³-hybridized carbons (Fsp3) is 0.364. The molecule has 1 fully saturated rings. The number of carbonyl (C=O) groups excluding carboxylic acids is 1. The van der Waals surface area contributed by atoms with Crippen LogP contribution in [0.3, 0.4) is 0 Å². The molecule has 0 radical (unpaired) electrons. The van der Waals surface area contributed by atoms with Gasteiger partial charge in [0.15, 0.2) is 11.2 Å². The number of amides is 1. The topological polar surface area (TPSA) is 136 Å². The monoisotopic (exact) mass is 439 g/mol. The second kappa shape index (κ2) is 8.53. The maximum absolute atomic E-state index is 15.0. The lowest BCUT2D eigenvalue weighted by atomic mass is 9.82. The Morgan fingerprint density at radius 2 is 2.28 bits per heavy atom. The number of hydrogen-bond acceptors (Lipinski definition) is 7. The molecule has 10 heteroatoms. The van der Waals surface area contributed by atoms with Crippen LogP contribution in [0.4, 0.5) is 4.39 Å². The van der Waals surface area contributed by atoms with Crippen molar-refractivity contribution in [2.24, 2.45) is 18.7 Å². The SMILES string of the molecule is Cn1c(=O)oc2ccc(-c3cc(F)c(C[C@@H](C#N)C4(C(N)=O)CNCCCO4)cn3)cc21. The summed E-state index contributed by atoms with van der Waals surface area (Å²) >= 11 is 0. The Kier molecular flexibility index (Phi) is 5.78. The maximum Gasteiger partial charge on any atom is 0.419 e. The second-order valence-corrected chi connectivity index (χ2v) is 7.79. The molecule has 3 aromatic rings. The zero-order chi connectivity index (χ0) is 22.9. The number of benzene rings is 1. The van der Waals surface area contributed by atoms with Crippen molar-refractivity contribution in [2.75, 3.05) is 19.7 Å². The number of oxazole rings is 1. The van der Waals surface area contributed by atoms with Gasteiger partial charge in [-0.05, 0) is 37.6 Å². The third-order valence-corrected chi connectivity index (χ3v) is 5.82. The number of nitrogens with two attached hydrogens (primary N) is 1. The normalized spacial score (nSPS) is 19.9. The van der Waals surface area contributed by atoms with Gasteiger partial charge in [-0.3, -0.25) is 14.3 Å². The minimum atomic E-state index is -1.55. The van der Waals surface area contributed by atoms with Crippen LogP contribution < -0.4 is 16.8 Å². The van der Waals surface area contributed by atoms with Gasteiger partial charge in [0.05, 0.1) is 23.2 Å². The van der Waals surface area contributed by atoms with E-state index in [-0.39, 0.29) is 25.1 Å². The summed E-state index contributed by atoms with van der Waals surface area (Å²) in [6.07, 6.45) is 1.92. The lowest BCUT2D eigenvalue weighted by Crippen LogP contribution is -2.57. The van der Waals surface area contributed by atoms with Crippen LogP contribution in [0.5, 0.6) is 0 Å². The Balaban J connectivity index is 1.64. The number of aryl methyl sites for hydroxylation is 1. The molecule has 2 atom stereocenters. The van der Waals surface area contributed by atoms with E-state index in [1.54, 1.807) is 25.2 Å². The van der Waals surface area contributed by atoms with E-state index in [1.165, 1.54) is 16.8 Å². The Morgan fingerprint density at radius 3 is 3.00 bits per heavy atom. The van der Waals surface area contributed by atoms with Crippen molar-refractivity contribution in [3.05, 3.63) is 52.4 Å². The quantitative estimate of drug-likeness (QED) is 0.610. The van der Waals surface area contributed by atoms with Crippen molar-refractivity contribution >= 4 is 17.0 Å². The van der Waals surface area contributed by atoms with Crippen molar-refractivity contribution < 1.29 is 18.3 Å². The molecule has 0 aliphatic carbocycles. The van der Waals surface area contributed by atoms with E-state index in [9.17, 15) is 14.9 Å². The highest BCUT2D eigenvalue weighted by Crippen LogP contribution is 2.29. The fourth-order valence-corrected chi connectivity index (χ4v) is 3.92. The molecule has 1 aromatic carbocycles. The number of ether oxygens (including phenoxy) is 1. The number of nitrogens with zero attached hydrogens (tertiary/aromatic N) is 3. The number of fused-ring (bicyclic) bond motifs is 1. The lowest BCUT2D eigenvalue weighted by Gasteiger charge is -2.33. The Morgan fingerprint density at radius 1 is 1.47 bits per heavy atom. The summed E-state index contributed by atoms with van der Waals surface area (Å²) in [4.78, 5) is 28.3. The summed E-state index contributed by atoms with van der Waals surface area (Å²) < 4.78 is 27.2. The molecule has 1 aliphatic rings. The molecule has 0 saturated carbocycles. The molecule has 0 bridgehead atoms. The molecule has 4 rings (SSSR count). The van der Waals surface area contributed by atoms with Crippen molar-refractivity contribution in [1.29, 1.82) is 5.26 Å². The van der Waals surface area contributed by atoms with E-state index in [1.807, 2.05) is 0 Å². The van der Waals surface area contributed by atoms with Crippen LogP contribution in [0.25, 0.3) is 22.4 Å². The zero-order valence-electron chi connectivity index (χ0n) is 17.4. The van der Waals surface area contributed by atoms with Crippen LogP contribution in [0.15, 0.2) is 39.7 Å². The zero-order valence-corrected chi connectivity index (χ0v) is 17.4. The van der Waals surface area contributed by atoms with Crippen molar-refractivity contribution in [3.63, 3.8) is 0 Å². The van der Waals surface area contributed by atoms with E-state index >= 15 is 4.39 Å². The Hall–Kier alpha value is -3.55. The van der Waals surface area contributed by atoms with Crippen LogP contribution in [0, 0.1) is 23.1 Å². The van der Waals surface area contributed by atoms with E-state index in [2.05, 4.69) is 16.4 Å². The number of aromatic nitrogens is 2. The fourth-order valence-electron chi connectivity index (χ4n) is 3.92. The molecule has 1 aliphatic heterocycles. The van der Waals surface area contributed by atoms with Gasteiger partial charge in [-0.2, -0.15) is 5.26 Å². The molecule has 32 heavy (non-hydrogen) atoms. The number of rotatable bonds is 5. The van der Waals surface area contributed by atoms with Crippen molar-refractivity contribution in [1.82, 2.24) is 14.9 Å². The van der Waals surface area contributed by atoms with Crippen LogP contribution in [-0.2, 0) is 23.0 Å². The van der Waals surface area contributed by atoms with Crippen molar-refractivity contribution in [2.45, 2.75) is 18.4 Å². The number of pyridine rings is 1. The van der Waals surface area contributed by atoms with Gasteiger partial charge < -0.3 is 20.2 Å². The first-order valence-electron chi connectivity index (χ1n) is 10.1. The second-order valence-electron chi connectivity index (χ2n) is 7.79.